The van der Waals surface area contributed by atoms with Crippen LogP contribution in [0.2, 0.25) is 0 Å². The fourth-order valence-corrected chi connectivity index (χ4v) is 7.19. The molecular weight excluding hydrogens is 506 g/mol. The Morgan fingerprint density at radius 2 is 1.65 bits per heavy atom. The highest BCUT2D eigenvalue weighted by Gasteiger charge is 2.47. The molecule has 4 fully saturated rings. The summed E-state index contributed by atoms with van der Waals surface area (Å²) in [7, 11) is 0. The number of nitrogens with one attached hydrogen (secondary N) is 1. The summed E-state index contributed by atoms with van der Waals surface area (Å²) in [6.07, 6.45) is 3.04. The van der Waals surface area contributed by atoms with E-state index in [2.05, 4.69) is 50.3 Å². The Morgan fingerprint density at radius 1 is 0.900 bits per heavy atom. The van der Waals surface area contributed by atoms with Crippen molar-refractivity contribution < 1.29 is 19.1 Å². The third-order valence-electron chi connectivity index (χ3n) is 9.59. The molecule has 40 heavy (non-hydrogen) atoms. The number of rotatable bonds is 5. The minimum Gasteiger partial charge on any atom is -0.378 e. The first-order valence-electron chi connectivity index (χ1n) is 14.6. The number of carbonyl (C=O) groups excluding carboxylic acids is 3. The molecule has 1 unspecified atom stereocenters. The molecule has 5 heterocycles. The zero-order valence-electron chi connectivity index (χ0n) is 22.9. The van der Waals surface area contributed by atoms with Gasteiger partial charge in [0.1, 0.15) is 6.04 Å². The quantitative estimate of drug-likeness (QED) is 0.580. The Labute approximate surface area is 235 Å². The first kappa shape index (κ1) is 25.5. The summed E-state index contributed by atoms with van der Waals surface area (Å²) in [6.45, 7) is 9.19. The van der Waals surface area contributed by atoms with Crippen LogP contribution in [-0.4, -0.2) is 86.0 Å². The molecule has 7 rings (SSSR count). The molecule has 5 aliphatic rings. The van der Waals surface area contributed by atoms with Crippen LogP contribution in [-0.2, 0) is 27.4 Å². The molecule has 1 spiro atoms. The predicted octanol–water partition coefficient (Wildman–Crippen LogP) is 2.39. The summed E-state index contributed by atoms with van der Waals surface area (Å²) < 4.78 is 5.48. The highest BCUT2D eigenvalue weighted by atomic mass is 16.5. The number of benzene rings is 2. The van der Waals surface area contributed by atoms with Crippen molar-refractivity contribution in [3.05, 3.63) is 59.2 Å². The Morgan fingerprint density at radius 3 is 2.38 bits per heavy atom. The Bertz CT molecular complexity index is 1310. The summed E-state index contributed by atoms with van der Waals surface area (Å²) in [4.78, 5) is 46.3. The van der Waals surface area contributed by atoms with Crippen LogP contribution < -0.4 is 15.1 Å². The molecule has 5 aliphatic heterocycles. The minimum absolute atomic E-state index is 0.104. The van der Waals surface area contributed by atoms with E-state index in [1.54, 1.807) is 4.90 Å². The number of amides is 3. The molecule has 4 saturated heterocycles. The first-order valence-corrected chi connectivity index (χ1v) is 14.6. The smallest absolute Gasteiger partial charge is 0.255 e. The summed E-state index contributed by atoms with van der Waals surface area (Å²) in [5, 5.41) is 2.39. The highest BCUT2D eigenvalue weighted by Crippen LogP contribution is 2.45. The lowest BCUT2D eigenvalue weighted by Gasteiger charge is -2.55. The van der Waals surface area contributed by atoms with Crippen LogP contribution in [0.25, 0.3) is 0 Å². The predicted molar refractivity (Wildman–Crippen MR) is 151 cm³/mol. The van der Waals surface area contributed by atoms with E-state index >= 15 is 0 Å². The number of anilines is 2. The zero-order chi connectivity index (χ0) is 27.3. The summed E-state index contributed by atoms with van der Waals surface area (Å²) >= 11 is 0. The fourth-order valence-electron chi connectivity index (χ4n) is 7.19. The summed E-state index contributed by atoms with van der Waals surface area (Å²) in [5.41, 5.74) is 5.82. The van der Waals surface area contributed by atoms with Gasteiger partial charge in [-0.15, -0.1) is 0 Å². The van der Waals surface area contributed by atoms with Crippen molar-refractivity contribution in [1.29, 1.82) is 0 Å². The molecule has 0 aliphatic carbocycles. The molecule has 210 valence electrons. The highest BCUT2D eigenvalue weighted by molar-refractivity contribution is 6.06. The van der Waals surface area contributed by atoms with Crippen molar-refractivity contribution in [1.82, 2.24) is 15.1 Å². The maximum absolute atomic E-state index is 13.2. The number of imide groups is 1. The van der Waals surface area contributed by atoms with E-state index in [0.717, 1.165) is 70.3 Å². The zero-order valence-corrected chi connectivity index (χ0v) is 22.9. The van der Waals surface area contributed by atoms with E-state index in [-0.39, 0.29) is 24.1 Å². The number of nitrogens with zero attached hydrogens (tertiary/aromatic N) is 4. The largest absolute Gasteiger partial charge is 0.378 e. The maximum atomic E-state index is 13.2. The van der Waals surface area contributed by atoms with Gasteiger partial charge in [0.05, 0.1) is 13.2 Å². The van der Waals surface area contributed by atoms with Gasteiger partial charge in [0.15, 0.2) is 0 Å². The number of morpholine rings is 1. The normalized spacial score (nSPS) is 24.8. The Hall–Kier alpha value is -3.43. The van der Waals surface area contributed by atoms with Crippen LogP contribution in [0.3, 0.4) is 0 Å². The molecule has 2 aromatic rings. The van der Waals surface area contributed by atoms with E-state index in [9.17, 15) is 14.4 Å². The van der Waals surface area contributed by atoms with E-state index in [4.69, 9.17) is 4.74 Å². The average Bonchev–Trinajstić information content (AvgIpc) is 3.29. The molecule has 9 heteroatoms. The second kappa shape index (κ2) is 10.2. The molecule has 0 radical (unpaired) electrons. The van der Waals surface area contributed by atoms with Crippen LogP contribution >= 0.6 is 0 Å². The van der Waals surface area contributed by atoms with Crippen molar-refractivity contribution in [2.75, 3.05) is 62.3 Å². The van der Waals surface area contributed by atoms with Crippen molar-refractivity contribution in [2.45, 2.75) is 44.8 Å². The molecule has 9 nitrogen and oxygen atoms in total. The van der Waals surface area contributed by atoms with E-state index in [0.29, 0.717) is 23.9 Å². The molecule has 0 saturated carbocycles. The number of hydrogen-bond acceptors (Lipinski definition) is 7. The van der Waals surface area contributed by atoms with Crippen LogP contribution in [0.5, 0.6) is 0 Å². The third kappa shape index (κ3) is 4.65. The van der Waals surface area contributed by atoms with Gasteiger partial charge in [-0.3, -0.25) is 24.6 Å². The molecule has 2 aromatic carbocycles. The van der Waals surface area contributed by atoms with Crippen molar-refractivity contribution in [2.24, 2.45) is 5.41 Å². The maximum Gasteiger partial charge on any atom is 0.255 e. The third-order valence-corrected chi connectivity index (χ3v) is 9.59. The topological polar surface area (TPSA) is 85.4 Å². The van der Waals surface area contributed by atoms with E-state index in [1.807, 2.05) is 12.1 Å². The lowest BCUT2D eigenvalue weighted by atomic mass is 9.71. The number of likely N-dealkylation sites (tertiary alicyclic amines) is 1. The second-order valence-electron chi connectivity index (χ2n) is 12.1. The van der Waals surface area contributed by atoms with Gasteiger partial charge in [0.25, 0.3) is 5.91 Å². The molecular formula is C31H37N5O4. The average molecular weight is 544 g/mol. The van der Waals surface area contributed by atoms with Gasteiger partial charge in [0.2, 0.25) is 11.8 Å². The van der Waals surface area contributed by atoms with Crippen LogP contribution in [0.15, 0.2) is 42.5 Å². The van der Waals surface area contributed by atoms with Crippen molar-refractivity contribution in [3.8, 4) is 0 Å². The SMILES string of the molecule is O=C1CCC(N2Cc3c(cccc3N3CC4(CCN(Cc5ccc(N6CCOCC6)cc5)CC4)C3)C2=O)C(=O)N1. The monoisotopic (exact) mass is 543 g/mol. The Kier molecular flexibility index (Phi) is 6.51. The number of ether oxygens (including phenoxy) is 1. The molecule has 1 N–H and O–H groups in total. The van der Waals surface area contributed by atoms with Gasteiger partial charge in [-0.25, -0.2) is 0 Å². The first-order chi connectivity index (χ1) is 19.5. The van der Waals surface area contributed by atoms with Crippen LogP contribution in [0.1, 0.15) is 47.2 Å². The standard InChI is InChI=1S/C31H37N5O4/c37-28-9-8-27(29(38)32-28)36-19-25-24(30(36)39)2-1-3-26(25)35-20-31(21-35)10-12-33(13-11-31)18-22-4-6-23(7-5-22)34-14-16-40-17-15-34/h1-7,27H,8-21H2,(H,32,37,38). The molecule has 0 bridgehead atoms. The molecule has 3 amide bonds. The lowest BCUT2D eigenvalue weighted by Crippen LogP contribution is -2.60. The molecule has 0 aromatic heterocycles. The van der Waals surface area contributed by atoms with Gasteiger partial charge in [-0.1, -0.05) is 18.2 Å². The van der Waals surface area contributed by atoms with Gasteiger partial charge < -0.3 is 19.4 Å². The van der Waals surface area contributed by atoms with Gasteiger partial charge >= 0.3 is 0 Å². The van der Waals surface area contributed by atoms with Gasteiger partial charge in [-0.05, 0) is 62.2 Å². The van der Waals surface area contributed by atoms with Crippen LogP contribution in [0, 0.1) is 5.41 Å². The summed E-state index contributed by atoms with van der Waals surface area (Å²) in [6, 6.07) is 14.4. The number of carbonyl (C=O) groups is 3. The number of piperidine rings is 2. The number of hydrogen-bond donors (Lipinski definition) is 1. The van der Waals surface area contributed by atoms with Crippen molar-refractivity contribution in [3.63, 3.8) is 0 Å². The second-order valence-corrected chi connectivity index (χ2v) is 12.1. The van der Waals surface area contributed by atoms with Gasteiger partial charge in [0, 0.05) is 73.6 Å². The fraction of sp³-hybridized carbons (Fsp3) is 0.516. The summed E-state index contributed by atoms with van der Waals surface area (Å²) in [5.74, 6) is -0.723. The van der Waals surface area contributed by atoms with Gasteiger partial charge in [-0.2, -0.15) is 0 Å². The van der Waals surface area contributed by atoms with Crippen LogP contribution in [0.4, 0.5) is 11.4 Å². The van der Waals surface area contributed by atoms with E-state index in [1.165, 1.54) is 24.1 Å². The molecule has 1 atom stereocenters. The van der Waals surface area contributed by atoms with E-state index < -0.39 is 6.04 Å². The number of fused-ring (bicyclic) bond motifs is 1. The lowest BCUT2D eigenvalue weighted by molar-refractivity contribution is -0.136. The Balaban J connectivity index is 0.944. The van der Waals surface area contributed by atoms with Crippen molar-refractivity contribution >= 4 is 29.1 Å². The minimum atomic E-state index is -0.576.